The number of hydrogen-bond donors (Lipinski definition) is 0. The van der Waals surface area contributed by atoms with Crippen molar-refractivity contribution >= 4 is 12.1 Å². The average Bonchev–Trinajstić information content (AvgIpc) is 2.74. The lowest BCUT2D eigenvalue weighted by atomic mass is 9.93. The van der Waals surface area contributed by atoms with Gasteiger partial charge >= 0.3 is 12.1 Å². The molecule has 0 bridgehead atoms. The number of rotatable bonds is 2. The molecule has 1 aromatic rings. The standard InChI is InChI=1S/C16H19NO4/c1-11-13(18)21-14(16(2,3)4)17(11)15(19)20-10-12-8-6-5-7-9-12/h5-9,14H,1,10H2,2-4H3/t14-/m0/s1. The summed E-state index contributed by atoms with van der Waals surface area (Å²) < 4.78 is 10.5. The van der Waals surface area contributed by atoms with E-state index in [1.807, 2.05) is 51.1 Å². The summed E-state index contributed by atoms with van der Waals surface area (Å²) in [6.45, 7) is 9.37. The van der Waals surface area contributed by atoms with Gasteiger partial charge in [-0.2, -0.15) is 0 Å². The van der Waals surface area contributed by atoms with E-state index in [1.54, 1.807) is 0 Å². The Morgan fingerprint density at radius 1 is 1.33 bits per heavy atom. The highest BCUT2D eigenvalue weighted by atomic mass is 16.6. The van der Waals surface area contributed by atoms with E-state index in [0.29, 0.717) is 0 Å². The maximum absolute atomic E-state index is 12.2. The number of nitrogens with zero attached hydrogens (tertiary/aromatic N) is 1. The Bertz CT molecular complexity index is 559. The van der Waals surface area contributed by atoms with Crippen molar-refractivity contribution < 1.29 is 19.1 Å². The van der Waals surface area contributed by atoms with Gasteiger partial charge in [-0.3, -0.25) is 0 Å². The molecule has 1 saturated heterocycles. The average molecular weight is 289 g/mol. The van der Waals surface area contributed by atoms with Gasteiger partial charge in [-0.05, 0) is 5.56 Å². The van der Waals surface area contributed by atoms with Crippen molar-refractivity contribution in [1.29, 1.82) is 0 Å². The van der Waals surface area contributed by atoms with E-state index in [0.717, 1.165) is 5.56 Å². The lowest BCUT2D eigenvalue weighted by molar-refractivity contribution is -0.145. The number of benzene rings is 1. The van der Waals surface area contributed by atoms with Crippen molar-refractivity contribution in [3.63, 3.8) is 0 Å². The van der Waals surface area contributed by atoms with Gasteiger partial charge in [0.05, 0.1) is 0 Å². The van der Waals surface area contributed by atoms with Crippen molar-refractivity contribution in [3.8, 4) is 0 Å². The second kappa shape index (κ2) is 5.60. The number of ether oxygens (including phenoxy) is 2. The Hall–Kier alpha value is -2.30. The molecule has 1 aromatic carbocycles. The second-order valence-electron chi connectivity index (χ2n) is 5.98. The summed E-state index contributed by atoms with van der Waals surface area (Å²) in [5, 5.41) is 0. The summed E-state index contributed by atoms with van der Waals surface area (Å²) in [5.41, 5.74) is 0.448. The Morgan fingerprint density at radius 2 is 1.95 bits per heavy atom. The van der Waals surface area contributed by atoms with Crippen LogP contribution in [0, 0.1) is 5.41 Å². The molecule has 0 spiro atoms. The molecule has 0 aliphatic carbocycles. The van der Waals surface area contributed by atoms with E-state index < -0.39 is 23.7 Å². The molecule has 21 heavy (non-hydrogen) atoms. The van der Waals surface area contributed by atoms with Gasteiger partial charge in [0.2, 0.25) is 0 Å². The molecule has 2 rings (SSSR count). The molecule has 0 aromatic heterocycles. The van der Waals surface area contributed by atoms with Crippen molar-refractivity contribution in [3.05, 3.63) is 48.2 Å². The number of carbonyl (C=O) groups excluding carboxylic acids is 2. The van der Waals surface area contributed by atoms with Crippen LogP contribution in [0.25, 0.3) is 0 Å². The smallest absolute Gasteiger partial charge is 0.417 e. The van der Waals surface area contributed by atoms with Crippen molar-refractivity contribution in [2.24, 2.45) is 5.41 Å². The van der Waals surface area contributed by atoms with Crippen molar-refractivity contribution in [1.82, 2.24) is 4.90 Å². The van der Waals surface area contributed by atoms with E-state index in [4.69, 9.17) is 9.47 Å². The van der Waals surface area contributed by atoms with E-state index in [1.165, 1.54) is 4.90 Å². The van der Waals surface area contributed by atoms with Crippen LogP contribution in [-0.4, -0.2) is 23.2 Å². The third kappa shape index (κ3) is 3.24. The molecule has 1 aliphatic heterocycles. The Balaban J connectivity index is 2.09. The van der Waals surface area contributed by atoms with Gasteiger partial charge in [-0.25, -0.2) is 14.5 Å². The third-order valence-corrected chi connectivity index (χ3v) is 3.12. The minimum absolute atomic E-state index is 0.00740. The molecule has 1 aliphatic rings. The van der Waals surface area contributed by atoms with Gasteiger partial charge < -0.3 is 9.47 Å². The SMILES string of the molecule is C=C1C(=O)O[C@@H](C(C)(C)C)N1C(=O)OCc1ccccc1. The fourth-order valence-corrected chi connectivity index (χ4v) is 2.02. The maximum Gasteiger partial charge on any atom is 0.417 e. The highest BCUT2D eigenvalue weighted by Gasteiger charge is 2.46. The number of hydrogen-bond acceptors (Lipinski definition) is 4. The first-order valence-corrected chi connectivity index (χ1v) is 6.70. The molecule has 112 valence electrons. The first-order chi connectivity index (χ1) is 9.80. The van der Waals surface area contributed by atoms with Gasteiger partial charge in [0.15, 0.2) is 6.23 Å². The number of cyclic esters (lactones) is 1. The van der Waals surface area contributed by atoms with E-state index in [9.17, 15) is 9.59 Å². The van der Waals surface area contributed by atoms with Crippen molar-refractivity contribution in [2.75, 3.05) is 0 Å². The molecule has 0 N–H and O–H groups in total. The predicted molar refractivity (Wildman–Crippen MR) is 76.9 cm³/mol. The van der Waals surface area contributed by atoms with Crippen molar-refractivity contribution in [2.45, 2.75) is 33.6 Å². The lowest BCUT2D eigenvalue weighted by Gasteiger charge is -2.31. The second-order valence-corrected chi connectivity index (χ2v) is 5.98. The zero-order chi connectivity index (χ0) is 15.6. The molecule has 1 fully saturated rings. The van der Waals surface area contributed by atoms with E-state index in [2.05, 4.69) is 6.58 Å². The molecule has 5 nitrogen and oxygen atoms in total. The molecule has 1 heterocycles. The van der Waals surface area contributed by atoms with E-state index in [-0.39, 0.29) is 12.3 Å². The van der Waals surface area contributed by atoms with Gasteiger partial charge in [0, 0.05) is 5.41 Å². The van der Waals surface area contributed by atoms with Crippen LogP contribution in [0.1, 0.15) is 26.3 Å². The lowest BCUT2D eigenvalue weighted by Crippen LogP contribution is -2.43. The quantitative estimate of drug-likeness (QED) is 0.620. The Kier molecular flexibility index (Phi) is 4.02. The summed E-state index contributed by atoms with van der Waals surface area (Å²) >= 11 is 0. The van der Waals surface area contributed by atoms with Crippen LogP contribution in [0.3, 0.4) is 0 Å². The predicted octanol–water partition coefficient (Wildman–Crippen LogP) is 3.07. The Morgan fingerprint density at radius 3 is 2.52 bits per heavy atom. The molecule has 0 radical (unpaired) electrons. The monoisotopic (exact) mass is 289 g/mol. The third-order valence-electron chi connectivity index (χ3n) is 3.12. The van der Waals surface area contributed by atoms with Gasteiger partial charge in [-0.1, -0.05) is 57.7 Å². The minimum atomic E-state index is -0.708. The molecule has 0 saturated carbocycles. The molecular formula is C16H19NO4. The minimum Gasteiger partial charge on any atom is -0.444 e. The van der Waals surface area contributed by atoms with Crippen LogP contribution in [-0.2, 0) is 20.9 Å². The fourth-order valence-electron chi connectivity index (χ4n) is 2.02. The maximum atomic E-state index is 12.2. The molecule has 5 heteroatoms. The molecule has 0 unspecified atom stereocenters. The van der Waals surface area contributed by atoms with E-state index >= 15 is 0 Å². The number of esters is 1. The molecule has 1 amide bonds. The largest absolute Gasteiger partial charge is 0.444 e. The van der Waals surface area contributed by atoms with Crippen LogP contribution >= 0.6 is 0 Å². The van der Waals surface area contributed by atoms with Crippen LogP contribution < -0.4 is 0 Å². The molecule has 1 atom stereocenters. The summed E-state index contributed by atoms with van der Waals surface area (Å²) in [4.78, 5) is 25.1. The van der Waals surface area contributed by atoms with Crippen LogP contribution in [0.4, 0.5) is 4.79 Å². The summed E-state index contributed by atoms with van der Waals surface area (Å²) in [5.74, 6) is -0.591. The normalized spacial score (nSPS) is 18.6. The van der Waals surface area contributed by atoms with Crippen LogP contribution in [0.15, 0.2) is 42.6 Å². The fraction of sp³-hybridized carbons (Fsp3) is 0.375. The van der Waals surface area contributed by atoms with Gasteiger partial charge in [0.25, 0.3) is 0 Å². The summed E-state index contributed by atoms with van der Waals surface area (Å²) in [7, 11) is 0. The number of amides is 1. The van der Waals surface area contributed by atoms with Crippen LogP contribution in [0.2, 0.25) is 0 Å². The first-order valence-electron chi connectivity index (χ1n) is 6.70. The van der Waals surface area contributed by atoms with Crippen LogP contribution in [0.5, 0.6) is 0 Å². The number of carbonyl (C=O) groups is 2. The Labute approximate surface area is 124 Å². The van der Waals surface area contributed by atoms with Gasteiger partial charge in [0.1, 0.15) is 12.3 Å². The highest BCUT2D eigenvalue weighted by molar-refractivity contribution is 5.94. The first kappa shape index (κ1) is 15.1. The topological polar surface area (TPSA) is 55.8 Å². The van der Waals surface area contributed by atoms with Gasteiger partial charge in [-0.15, -0.1) is 0 Å². The summed E-state index contributed by atoms with van der Waals surface area (Å²) in [6.07, 6.45) is -1.34. The zero-order valence-corrected chi connectivity index (χ0v) is 12.5. The molecular weight excluding hydrogens is 270 g/mol. The zero-order valence-electron chi connectivity index (χ0n) is 12.5. The highest BCUT2D eigenvalue weighted by Crippen LogP contribution is 2.34. The summed E-state index contributed by atoms with van der Waals surface area (Å²) in [6, 6.07) is 9.32.